The first-order valence-electron chi connectivity index (χ1n) is 12.8. The molecule has 39 heavy (non-hydrogen) atoms. The number of nitrogens with one attached hydrogen (secondary N) is 1. The van der Waals surface area contributed by atoms with Crippen LogP contribution in [0.2, 0.25) is 0 Å². The highest BCUT2D eigenvalue weighted by atomic mass is 32.1. The lowest BCUT2D eigenvalue weighted by Crippen LogP contribution is -2.47. The number of amides is 3. The van der Waals surface area contributed by atoms with Crippen LogP contribution in [0.5, 0.6) is 5.75 Å². The smallest absolute Gasteiger partial charge is 0.273 e. The maximum Gasteiger partial charge on any atom is 0.273 e. The van der Waals surface area contributed by atoms with Gasteiger partial charge in [0.05, 0.1) is 18.5 Å². The van der Waals surface area contributed by atoms with Gasteiger partial charge in [-0.3, -0.25) is 19.3 Å². The highest BCUT2D eigenvalue weighted by Crippen LogP contribution is 2.38. The van der Waals surface area contributed by atoms with E-state index in [4.69, 9.17) is 16.2 Å². The first-order chi connectivity index (χ1) is 18.7. The second kappa shape index (κ2) is 12.2. The van der Waals surface area contributed by atoms with E-state index in [2.05, 4.69) is 9.69 Å². The number of anilines is 3. The average Bonchev–Trinajstić information content (AvgIpc) is 3.33. The van der Waals surface area contributed by atoms with Gasteiger partial charge in [0.2, 0.25) is 5.91 Å². The number of primary amides is 1. The van der Waals surface area contributed by atoms with Crippen molar-refractivity contribution < 1.29 is 19.1 Å². The second-order valence-corrected chi connectivity index (χ2v) is 10.5. The summed E-state index contributed by atoms with van der Waals surface area (Å²) >= 11 is 0.769. The van der Waals surface area contributed by atoms with E-state index in [0.29, 0.717) is 17.0 Å². The second-order valence-electron chi connectivity index (χ2n) is 9.72. The van der Waals surface area contributed by atoms with Crippen molar-refractivity contribution in [3.63, 3.8) is 0 Å². The molecule has 206 valence electrons. The Hall–Kier alpha value is -4.12. The Balaban J connectivity index is 1.88. The van der Waals surface area contributed by atoms with Crippen LogP contribution < -0.4 is 31.3 Å². The van der Waals surface area contributed by atoms with Crippen molar-refractivity contribution in [3.05, 3.63) is 64.7 Å². The minimum atomic E-state index is -1.06. The fraction of sp³-hybridized carbons (Fsp3) is 0.357. The van der Waals surface area contributed by atoms with Gasteiger partial charge in [-0.1, -0.05) is 43.5 Å². The lowest BCUT2D eigenvalue weighted by molar-refractivity contribution is -0.123. The number of ether oxygens (including phenoxy) is 1. The number of benzene rings is 2. The molecular weight excluding hydrogens is 516 g/mol. The Kier molecular flexibility index (Phi) is 8.70. The molecule has 0 unspecified atom stereocenters. The predicted molar refractivity (Wildman–Crippen MR) is 153 cm³/mol. The number of hydrogen-bond acceptors (Lipinski definition) is 8. The zero-order valence-corrected chi connectivity index (χ0v) is 23.2. The van der Waals surface area contributed by atoms with Gasteiger partial charge < -0.3 is 26.4 Å². The van der Waals surface area contributed by atoms with E-state index in [-0.39, 0.29) is 28.2 Å². The van der Waals surface area contributed by atoms with E-state index < -0.39 is 17.9 Å². The molecule has 1 aliphatic carbocycles. The van der Waals surface area contributed by atoms with Gasteiger partial charge in [-0.25, -0.2) is 0 Å². The van der Waals surface area contributed by atoms with Crippen LogP contribution in [0.4, 0.5) is 17.1 Å². The molecule has 1 fully saturated rings. The molecule has 1 aliphatic rings. The van der Waals surface area contributed by atoms with Crippen LogP contribution in [0.3, 0.4) is 0 Å². The Morgan fingerprint density at radius 1 is 1.05 bits per heavy atom. The van der Waals surface area contributed by atoms with Crippen molar-refractivity contribution >= 4 is 46.3 Å². The van der Waals surface area contributed by atoms with E-state index in [1.54, 1.807) is 24.3 Å². The molecule has 11 heteroatoms. The SMILES string of the molecule is COc1ccccc1N(C(=O)c1snc(C(N)=O)c1N)[C@@H](C(=O)NC1CCCCC1)c1ccc(N(C)C)cc1. The van der Waals surface area contributed by atoms with Crippen molar-refractivity contribution in [2.24, 2.45) is 5.73 Å². The molecule has 4 rings (SSSR count). The third-order valence-corrected chi connectivity index (χ3v) is 7.75. The molecule has 0 saturated heterocycles. The standard InChI is InChI=1S/C28H34N6O4S/c1-33(2)19-15-13-17(14-16-19)24(27(36)31-18-9-5-4-6-10-18)34(20-11-7-8-12-21(20)38-3)28(37)25-22(29)23(26(30)35)32-39-25/h7-8,11-16,18,24H,4-6,9-10,29H2,1-3H3,(H2,30,35)(H,31,36)/t24-/m1/s1. The van der Waals surface area contributed by atoms with E-state index >= 15 is 0 Å². The Bertz CT molecular complexity index is 1330. The van der Waals surface area contributed by atoms with Crippen molar-refractivity contribution in [2.45, 2.75) is 44.2 Å². The lowest BCUT2D eigenvalue weighted by atomic mass is 9.94. The van der Waals surface area contributed by atoms with Gasteiger partial charge in [-0.2, -0.15) is 4.37 Å². The first-order valence-corrected chi connectivity index (χ1v) is 13.6. The first kappa shape index (κ1) is 27.9. The monoisotopic (exact) mass is 550 g/mol. The fourth-order valence-electron chi connectivity index (χ4n) is 4.83. The molecule has 0 bridgehead atoms. The number of hydrogen-bond donors (Lipinski definition) is 3. The molecular formula is C28H34N6O4S. The molecule has 3 aromatic rings. The maximum atomic E-state index is 14.3. The highest BCUT2D eigenvalue weighted by Gasteiger charge is 2.38. The summed E-state index contributed by atoms with van der Waals surface area (Å²) in [4.78, 5) is 43.6. The molecule has 5 N–H and O–H groups in total. The molecule has 3 amide bonds. The van der Waals surface area contributed by atoms with Crippen LogP contribution in [0.15, 0.2) is 48.5 Å². The van der Waals surface area contributed by atoms with Crippen molar-refractivity contribution in [2.75, 3.05) is 36.7 Å². The normalized spacial score (nSPS) is 14.3. The molecule has 1 aromatic heterocycles. The van der Waals surface area contributed by atoms with Gasteiger partial charge in [0.15, 0.2) is 5.69 Å². The summed E-state index contributed by atoms with van der Waals surface area (Å²) in [5, 5.41) is 3.19. The van der Waals surface area contributed by atoms with Crippen LogP contribution in [0.1, 0.15) is 63.9 Å². The molecule has 2 aromatic carbocycles. The maximum absolute atomic E-state index is 14.3. The quantitative estimate of drug-likeness (QED) is 0.368. The minimum absolute atomic E-state index is 0.00934. The van der Waals surface area contributed by atoms with Gasteiger partial charge in [0, 0.05) is 25.8 Å². The van der Waals surface area contributed by atoms with E-state index in [1.807, 2.05) is 43.3 Å². The number of methoxy groups -OCH3 is 1. The molecule has 10 nitrogen and oxygen atoms in total. The summed E-state index contributed by atoms with van der Waals surface area (Å²) in [7, 11) is 5.35. The molecule has 0 spiro atoms. The average molecular weight is 551 g/mol. The van der Waals surface area contributed by atoms with Crippen molar-refractivity contribution in [1.29, 1.82) is 0 Å². The highest BCUT2D eigenvalue weighted by molar-refractivity contribution is 7.09. The Morgan fingerprint density at radius 2 is 1.72 bits per heavy atom. The largest absolute Gasteiger partial charge is 0.495 e. The van der Waals surface area contributed by atoms with Crippen LogP contribution in [-0.4, -0.2) is 49.3 Å². The number of rotatable bonds is 9. The van der Waals surface area contributed by atoms with Crippen molar-refractivity contribution in [3.8, 4) is 5.75 Å². The van der Waals surface area contributed by atoms with Crippen molar-refractivity contribution in [1.82, 2.24) is 9.69 Å². The van der Waals surface area contributed by atoms with Gasteiger partial charge in [-0.15, -0.1) is 0 Å². The summed E-state index contributed by atoms with van der Waals surface area (Å²) in [6.45, 7) is 0. The number of carbonyl (C=O) groups is 3. The molecule has 0 radical (unpaired) electrons. The lowest BCUT2D eigenvalue weighted by Gasteiger charge is -2.34. The van der Waals surface area contributed by atoms with Crippen LogP contribution in [0, 0.1) is 0 Å². The number of carbonyl (C=O) groups excluding carboxylic acids is 3. The summed E-state index contributed by atoms with van der Waals surface area (Å²) in [5.41, 5.74) is 13.2. The van der Waals surface area contributed by atoms with Gasteiger partial charge in [0.25, 0.3) is 11.8 Å². The number of nitrogens with zero attached hydrogens (tertiary/aromatic N) is 3. The summed E-state index contributed by atoms with van der Waals surface area (Å²) in [5.74, 6) is -1.36. The van der Waals surface area contributed by atoms with E-state index in [9.17, 15) is 14.4 Å². The van der Waals surface area contributed by atoms with E-state index in [0.717, 1.165) is 49.3 Å². The summed E-state index contributed by atoms with van der Waals surface area (Å²) in [6.07, 6.45) is 4.97. The Morgan fingerprint density at radius 3 is 2.31 bits per heavy atom. The third kappa shape index (κ3) is 5.98. The number of para-hydroxylation sites is 2. The molecule has 1 saturated carbocycles. The molecule has 0 aliphatic heterocycles. The number of nitrogens with two attached hydrogens (primary N) is 2. The zero-order chi connectivity index (χ0) is 28.1. The zero-order valence-electron chi connectivity index (χ0n) is 22.3. The summed E-state index contributed by atoms with van der Waals surface area (Å²) in [6, 6.07) is 13.4. The number of nitrogen functional groups attached to an aromatic ring is 1. The third-order valence-electron chi connectivity index (χ3n) is 6.90. The van der Waals surface area contributed by atoms with Crippen LogP contribution in [-0.2, 0) is 4.79 Å². The van der Waals surface area contributed by atoms with Gasteiger partial charge in [0.1, 0.15) is 16.7 Å². The molecule has 1 atom stereocenters. The topological polar surface area (TPSA) is 144 Å². The van der Waals surface area contributed by atoms with E-state index in [1.165, 1.54) is 12.0 Å². The predicted octanol–water partition coefficient (Wildman–Crippen LogP) is 3.74. The Labute approximate surface area is 232 Å². The fourth-order valence-corrected chi connectivity index (χ4v) is 5.57. The van der Waals surface area contributed by atoms with Crippen LogP contribution >= 0.6 is 11.5 Å². The van der Waals surface area contributed by atoms with Gasteiger partial charge >= 0.3 is 0 Å². The van der Waals surface area contributed by atoms with Crippen LogP contribution in [0.25, 0.3) is 0 Å². The van der Waals surface area contributed by atoms with Gasteiger partial charge in [-0.05, 0) is 54.2 Å². The summed E-state index contributed by atoms with van der Waals surface area (Å²) < 4.78 is 9.62. The number of aromatic nitrogens is 1. The minimum Gasteiger partial charge on any atom is -0.495 e. The molecule has 1 heterocycles.